The molecule has 0 aliphatic heterocycles. The number of nitrogens with one attached hydrogen (secondary N) is 1. The van der Waals surface area contributed by atoms with Crippen molar-refractivity contribution in [2.75, 3.05) is 13.2 Å². The van der Waals surface area contributed by atoms with Crippen molar-refractivity contribution in [1.29, 1.82) is 0 Å². The summed E-state index contributed by atoms with van der Waals surface area (Å²) in [7, 11) is 0. The van der Waals surface area contributed by atoms with E-state index in [0.29, 0.717) is 19.6 Å². The molecule has 1 N–H and O–H groups in total. The molecule has 0 radical (unpaired) electrons. The molecule has 0 aliphatic carbocycles. The summed E-state index contributed by atoms with van der Waals surface area (Å²) in [5.74, 6) is 1.86. The number of aryl methyl sites for hydroxylation is 2. The fourth-order valence-corrected chi connectivity index (χ4v) is 3.27. The van der Waals surface area contributed by atoms with Gasteiger partial charge in [0.1, 0.15) is 11.6 Å². The van der Waals surface area contributed by atoms with Gasteiger partial charge in [-0.25, -0.2) is 4.98 Å². The van der Waals surface area contributed by atoms with Crippen LogP contribution >= 0.6 is 0 Å². The van der Waals surface area contributed by atoms with Gasteiger partial charge in [-0.3, -0.25) is 4.79 Å². The highest BCUT2D eigenvalue weighted by Gasteiger charge is 2.10. The lowest BCUT2D eigenvalue weighted by Crippen LogP contribution is -2.24. The first-order chi connectivity index (χ1) is 14.2. The van der Waals surface area contributed by atoms with Crippen molar-refractivity contribution >= 4 is 16.9 Å². The molecule has 0 bridgehead atoms. The van der Waals surface area contributed by atoms with E-state index in [1.807, 2.05) is 37.3 Å². The van der Waals surface area contributed by atoms with Crippen LogP contribution in [-0.2, 0) is 17.8 Å². The minimum atomic E-state index is -0.0663. The van der Waals surface area contributed by atoms with Gasteiger partial charge < -0.3 is 14.6 Å². The normalized spacial score (nSPS) is 11.2. The van der Waals surface area contributed by atoms with Gasteiger partial charge in [-0.15, -0.1) is 0 Å². The summed E-state index contributed by atoms with van der Waals surface area (Å²) in [6.45, 7) is 6.06. The summed E-state index contributed by atoms with van der Waals surface area (Å²) < 4.78 is 8.10. The zero-order valence-electron chi connectivity index (χ0n) is 17.2. The third-order valence-corrected chi connectivity index (χ3v) is 4.77. The number of rotatable bonds is 10. The van der Waals surface area contributed by atoms with Gasteiger partial charge in [-0.2, -0.15) is 0 Å². The molecule has 29 heavy (non-hydrogen) atoms. The minimum Gasteiger partial charge on any atom is -0.494 e. The van der Waals surface area contributed by atoms with E-state index in [2.05, 4.69) is 35.0 Å². The van der Waals surface area contributed by atoms with Crippen LogP contribution in [0.4, 0.5) is 0 Å². The molecule has 0 atom stereocenters. The summed E-state index contributed by atoms with van der Waals surface area (Å²) >= 11 is 0. The standard InChI is InChI=1S/C24H29N3O2/c1-3-8-24(28)25-16-15-23-26-21-9-4-5-10-22(21)27(23)17-6-7-18-29-20-13-11-19(2)12-14-20/h3-5,8-14H,6-7,15-18H2,1-2H3,(H,25,28)/b8-3+. The molecule has 1 amide bonds. The lowest BCUT2D eigenvalue weighted by molar-refractivity contribution is -0.116. The van der Waals surface area contributed by atoms with Gasteiger partial charge >= 0.3 is 0 Å². The van der Waals surface area contributed by atoms with Crippen molar-refractivity contribution in [2.45, 2.75) is 39.7 Å². The third-order valence-electron chi connectivity index (χ3n) is 4.77. The van der Waals surface area contributed by atoms with Crippen molar-refractivity contribution < 1.29 is 9.53 Å². The van der Waals surface area contributed by atoms with Crippen molar-refractivity contribution in [2.24, 2.45) is 0 Å². The highest BCUT2D eigenvalue weighted by molar-refractivity contribution is 5.87. The average Bonchev–Trinajstić information content (AvgIpc) is 3.07. The number of imidazole rings is 1. The van der Waals surface area contributed by atoms with Crippen LogP contribution in [-0.4, -0.2) is 28.6 Å². The number of amides is 1. The number of allylic oxidation sites excluding steroid dienone is 1. The molecule has 5 nitrogen and oxygen atoms in total. The predicted octanol–water partition coefficient (Wildman–Crippen LogP) is 4.44. The number of hydrogen-bond donors (Lipinski definition) is 1. The maximum atomic E-state index is 11.6. The summed E-state index contributed by atoms with van der Waals surface area (Å²) in [4.78, 5) is 16.4. The Labute approximate surface area is 172 Å². The Bertz CT molecular complexity index is 958. The number of hydrogen-bond acceptors (Lipinski definition) is 3. The molecule has 3 rings (SSSR count). The topological polar surface area (TPSA) is 56.2 Å². The van der Waals surface area contributed by atoms with Crippen LogP contribution < -0.4 is 10.1 Å². The maximum absolute atomic E-state index is 11.6. The molecule has 3 aromatic rings. The fraction of sp³-hybridized carbons (Fsp3) is 0.333. The van der Waals surface area contributed by atoms with Crippen LogP contribution in [0.15, 0.2) is 60.7 Å². The molecule has 0 spiro atoms. The second kappa shape index (κ2) is 10.5. The zero-order chi connectivity index (χ0) is 20.5. The number of ether oxygens (including phenoxy) is 1. The Morgan fingerprint density at radius 2 is 1.93 bits per heavy atom. The van der Waals surface area contributed by atoms with Gasteiger partial charge in [0.25, 0.3) is 0 Å². The number of aromatic nitrogens is 2. The van der Waals surface area contributed by atoms with Crippen molar-refractivity contribution in [1.82, 2.24) is 14.9 Å². The van der Waals surface area contributed by atoms with Gasteiger partial charge in [0.05, 0.1) is 17.6 Å². The molecular formula is C24H29N3O2. The average molecular weight is 392 g/mol. The Balaban J connectivity index is 1.55. The number of benzene rings is 2. The van der Waals surface area contributed by atoms with Crippen LogP contribution in [0.25, 0.3) is 11.0 Å². The summed E-state index contributed by atoms with van der Waals surface area (Å²) in [5.41, 5.74) is 3.37. The molecule has 0 aliphatic rings. The van der Waals surface area contributed by atoms with Crippen LogP contribution in [0.5, 0.6) is 5.75 Å². The molecule has 152 valence electrons. The number of para-hydroxylation sites is 2. The first-order valence-electron chi connectivity index (χ1n) is 10.2. The molecule has 1 aromatic heterocycles. The fourth-order valence-electron chi connectivity index (χ4n) is 3.27. The number of carbonyl (C=O) groups is 1. The van der Waals surface area contributed by atoms with Crippen LogP contribution in [0, 0.1) is 6.92 Å². The molecular weight excluding hydrogens is 362 g/mol. The Kier molecular flexibility index (Phi) is 7.45. The third kappa shape index (κ3) is 5.95. The molecule has 2 aromatic carbocycles. The number of unbranched alkanes of at least 4 members (excludes halogenated alkanes) is 1. The highest BCUT2D eigenvalue weighted by atomic mass is 16.5. The molecule has 1 heterocycles. The Morgan fingerprint density at radius 1 is 1.14 bits per heavy atom. The van der Waals surface area contributed by atoms with E-state index in [9.17, 15) is 4.79 Å². The largest absolute Gasteiger partial charge is 0.494 e. The van der Waals surface area contributed by atoms with E-state index in [1.54, 1.807) is 6.08 Å². The first-order valence-corrected chi connectivity index (χ1v) is 10.2. The van der Waals surface area contributed by atoms with Gasteiger partial charge in [-0.05, 0) is 57.0 Å². The SMILES string of the molecule is C/C=C/C(=O)NCCc1nc2ccccc2n1CCCCOc1ccc(C)cc1. The van der Waals surface area contributed by atoms with Crippen molar-refractivity contribution in [3.8, 4) is 5.75 Å². The first kappa shape index (κ1) is 20.6. The number of fused-ring (bicyclic) bond motifs is 1. The quantitative estimate of drug-likeness (QED) is 0.411. The molecule has 5 heteroatoms. The van der Waals surface area contributed by atoms with Gasteiger partial charge in [0.2, 0.25) is 5.91 Å². The lowest BCUT2D eigenvalue weighted by Gasteiger charge is -2.10. The van der Waals surface area contributed by atoms with E-state index in [-0.39, 0.29) is 5.91 Å². The van der Waals surface area contributed by atoms with Crippen LogP contribution in [0.1, 0.15) is 31.2 Å². The Morgan fingerprint density at radius 3 is 2.72 bits per heavy atom. The summed E-state index contributed by atoms with van der Waals surface area (Å²) in [5, 5.41) is 2.90. The van der Waals surface area contributed by atoms with E-state index in [1.165, 1.54) is 11.6 Å². The number of nitrogens with zero attached hydrogens (tertiary/aromatic N) is 2. The van der Waals surface area contributed by atoms with Crippen molar-refractivity contribution in [3.05, 3.63) is 72.1 Å². The lowest BCUT2D eigenvalue weighted by atomic mass is 10.2. The Hall–Kier alpha value is -3.08. The summed E-state index contributed by atoms with van der Waals surface area (Å²) in [6.07, 6.45) is 5.96. The molecule has 0 fully saturated rings. The van der Waals surface area contributed by atoms with E-state index in [0.717, 1.165) is 42.0 Å². The minimum absolute atomic E-state index is 0.0663. The summed E-state index contributed by atoms with van der Waals surface area (Å²) in [6, 6.07) is 16.3. The smallest absolute Gasteiger partial charge is 0.243 e. The van der Waals surface area contributed by atoms with Crippen LogP contribution in [0.3, 0.4) is 0 Å². The second-order valence-corrected chi connectivity index (χ2v) is 7.08. The zero-order valence-corrected chi connectivity index (χ0v) is 17.2. The maximum Gasteiger partial charge on any atom is 0.243 e. The van der Waals surface area contributed by atoms with Gasteiger partial charge in [-0.1, -0.05) is 35.9 Å². The van der Waals surface area contributed by atoms with Gasteiger partial charge in [0.15, 0.2) is 0 Å². The highest BCUT2D eigenvalue weighted by Crippen LogP contribution is 2.18. The van der Waals surface area contributed by atoms with E-state index < -0.39 is 0 Å². The van der Waals surface area contributed by atoms with Gasteiger partial charge in [0, 0.05) is 19.5 Å². The van der Waals surface area contributed by atoms with E-state index in [4.69, 9.17) is 9.72 Å². The molecule has 0 saturated heterocycles. The second-order valence-electron chi connectivity index (χ2n) is 7.08. The van der Waals surface area contributed by atoms with Crippen molar-refractivity contribution in [3.63, 3.8) is 0 Å². The monoisotopic (exact) mass is 391 g/mol. The molecule has 0 saturated carbocycles. The van der Waals surface area contributed by atoms with E-state index >= 15 is 0 Å². The van der Waals surface area contributed by atoms with Crippen LogP contribution in [0.2, 0.25) is 0 Å². The predicted molar refractivity (Wildman–Crippen MR) is 117 cm³/mol. The number of carbonyl (C=O) groups excluding carboxylic acids is 1. The molecule has 0 unspecified atom stereocenters.